The maximum absolute atomic E-state index is 4.47. The van der Waals surface area contributed by atoms with Crippen molar-refractivity contribution in [3.8, 4) is 0 Å². The molecular weight excluding hydrogens is 433 g/mol. The van der Waals surface area contributed by atoms with Crippen LogP contribution in [-0.2, 0) is 6.42 Å². The SMILES string of the molecule is CN=C(NCCCCCCCN(C)C)NCCc1csc(C)n1.I. The van der Waals surface area contributed by atoms with E-state index in [2.05, 4.69) is 45.0 Å². The van der Waals surface area contributed by atoms with Gasteiger partial charge in [-0.15, -0.1) is 35.3 Å². The number of nitrogens with one attached hydrogen (secondary N) is 2. The summed E-state index contributed by atoms with van der Waals surface area (Å²) in [5, 5.41) is 9.99. The van der Waals surface area contributed by atoms with E-state index in [1.165, 1.54) is 38.6 Å². The van der Waals surface area contributed by atoms with Gasteiger partial charge >= 0.3 is 0 Å². The Balaban J connectivity index is 0.00000529. The number of aliphatic imine (C=N–C) groups is 1. The standard InChI is InChI=1S/C17H33N5S.HI/c1-15-21-16(14-23-15)10-12-20-17(18-2)19-11-8-6-5-7-9-13-22(3)4;/h14H,5-13H2,1-4H3,(H2,18,19,20);1H. The smallest absolute Gasteiger partial charge is 0.190 e. The highest BCUT2D eigenvalue weighted by molar-refractivity contribution is 14.0. The molecule has 0 radical (unpaired) electrons. The highest BCUT2D eigenvalue weighted by Gasteiger charge is 2.00. The highest BCUT2D eigenvalue weighted by Crippen LogP contribution is 2.07. The minimum absolute atomic E-state index is 0. The largest absolute Gasteiger partial charge is 0.356 e. The number of hydrogen-bond acceptors (Lipinski definition) is 4. The van der Waals surface area contributed by atoms with Crippen molar-refractivity contribution in [1.29, 1.82) is 0 Å². The predicted octanol–water partition coefficient (Wildman–Crippen LogP) is 3.29. The summed E-state index contributed by atoms with van der Waals surface area (Å²) < 4.78 is 0. The van der Waals surface area contributed by atoms with E-state index in [9.17, 15) is 0 Å². The third-order valence-corrected chi connectivity index (χ3v) is 4.46. The van der Waals surface area contributed by atoms with Crippen molar-refractivity contribution in [2.75, 3.05) is 40.8 Å². The van der Waals surface area contributed by atoms with Crippen molar-refractivity contribution in [2.24, 2.45) is 4.99 Å². The molecular formula is C17H34IN5S. The van der Waals surface area contributed by atoms with E-state index in [0.29, 0.717) is 0 Å². The third kappa shape index (κ3) is 12.0. The Morgan fingerprint density at radius 3 is 2.42 bits per heavy atom. The molecule has 7 heteroatoms. The lowest BCUT2D eigenvalue weighted by atomic mass is 10.1. The molecule has 0 aromatic carbocycles. The Hall–Kier alpha value is -0.410. The van der Waals surface area contributed by atoms with Crippen LogP contribution in [-0.4, -0.2) is 56.6 Å². The van der Waals surface area contributed by atoms with Gasteiger partial charge < -0.3 is 15.5 Å². The molecule has 24 heavy (non-hydrogen) atoms. The van der Waals surface area contributed by atoms with Gasteiger partial charge in [0.25, 0.3) is 0 Å². The first-order valence-corrected chi connectivity index (χ1v) is 9.50. The first-order chi connectivity index (χ1) is 11.1. The Kier molecular flexibility index (Phi) is 14.6. The van der Waals surface area contributed by atoms with Gasteiger partial charge in [-0.25, -0.2) is 4.98 Å². The van der Waals surface area contributed by atoms with Gasteiger partial charge in [0.05, 0.1) is 10.7 Å². The van der Waals surface area contributed by atoms with Crippen LogP contribution in [0.25, 0.3) is 0 Å². The zero-order valence-corrected chi connectivity index (χ0v) is 18.7. The molecule has 2 N–H and O–H groups in total. The van der Waals surface area contributed by atoms with Crippen molar-refractivity contribution < 1.29 is 0 Å². The van der Waals surface area contributed by atoms with Crippen LogP contribution >= 0.6 is 35.3 Å². The quantitative estimate of drug-likeness (QED) is 0.227. The summed E-state index contributed by atoms with van der Waals surface area (Å²) in [5.41, 5.74) is 1.16. The molecule has 0 aliphatic rings. The van der Waals surface area contributed by atoms with Crippen molar-refractivity contribution in [2.45, 2.75) is 45.4 Å². The first-order valence-electron chi connectivity index (χ1n) is 8.62. The van der Waals surface area contributed by atoms with E-state index >= 15 is 0 Å². The van der Waals surface area contributed by atoms with Crippen LogP contribution in [0.4, 0.5) is 0 Å². The maximum Gasteiger partial charge on any atom is 0.190 e. The molecule has 140 valence electrons. The van der Waals surface area contributed by atoms with Crippen LogP contribution in [0.15, 0.2) is 10.4 Å². The summed E-state index contributed by atoms with van der Waals surface area (Å²) >= 11 is 1.71. The summed E-state index contributed by atoms with van der Waals surface area (Å²) in [7, 11) is 6.10. The monoisotopic (exact) mass is 467 g/mol. The summed E-state index contributed by atoms with van der Waals surface area (Å²) in [5.74, 6) is 0.893. The Morgan fingerprint density at radius 2 is 1.79 bits per heavy atom. The molecule has 1 rings (SSSR count). The van der Waals surface area contributed by atoms with Gasteiger partial charge in [-0.1, -0.05) is 19.3 Å². The second-order valence-corrected chi connectivity index (χ2v) is 7.17. The van der Waals surface area contributed by atoms with Gasteiger partial charge in [-0.3, -0.25) is 4.99 Å². The van der Waals surface area contributed by atoms with Crippen LogP contribution in [0.1, 0.15) is 42.8 Å². The van der Waals surface area contributed by atoms with Crippen molar-refractivity contribution in [1.82, 2.24) is 20.5 Å². The molecule has 0 spiro atoms. The number of guanidine groups is 1. The molecule has 5 nitrogen and oxygen atoms in total. The number of aromatic nitrogens is 1. The van der Waals surface area contributed by atoms with Gasteiger partial charge in [-0.05, 0) is 40.4 Å². The molecule has 1 aromatic heterocycles. The average molecular weight is 467 g/mol. The molecule has 0 bridgehead atoms. The Labute approximate surface area is 168 Å². The second kappa shape index (κ2) is 14.9. The van der Waals surface area contributed by atoms with Crippen LogP contribution in [0.2, 0.25) is 0 Å². The lowest BCUT2D eigenvalue weighted by Crippen LogP contribution is -2.38. The number of halogens is 1. The van der Waals surface area contributed by atoms with Gasteiger partial charge in [-0.2, -0.15) is 0 Å². The maximum atomic E-state index is 4.47. The summed E-state index contributed by atoms with van der Waals surface area (Å²) in [6.45, 7) is 5.10. The Bertz CT molecular complexity index is 448. The van der Waals surface area contributed by atoms with Gasteiger partial charge in [0.2, 0.25) is 0 Å². The average Bonchev–Trinajstić information content (AvgIpc) is 2.93. The van der Waals surface area contributed by atoms with E-state index in [0.717, 1.165) is 36.2 Å². The number of thiazole rings is 1. The molecule has 0 saturated carbocycles. The molecule has 0 aliphatic heterocycles. The molecule has 0 fully saturated rings. The predicted molar refractivity (Wildman–Crippen MR) is 117 cm³/mol. The molecule has 0 aliphatic carbocycles. The van der Waals surface area contributed by atoms with Crippen molar-refractivity contribution in [3.63, 3.8) is 0 Å². The summed E-state index contributed by atoms with van der Waals surface area (Å²) in [6.07, 6.45) is 7.39. The van der Waals surface area contributed by atoms with E-state index in [-0.39, 0.29) is 24.0 Å². The fourth-order valence-corrected chi connectivity index (χ4v) is 2.99. The molecule has 1 heterocycles. The number of nitrogens with zero attached hydrogens (tertiary/aromatic N) is 3. The van der Waals surface area contributed by atoms with E-state index in [1.54, 1.807) is 11.3 Å². The van der Waals surface area contributed by atoms with Crippen LogP contribution in [0.5, 0.6) is 0 Å². The van der Waals surface area contributed by atoms with Gasteiger partial charge in [0.15, 0.2) is 5.96 Å². The number of hydrogen-bond donors (Lipinski definition) is 2. The van der Waals surface area contributed by atoms with E-state index < -0.39 is 0 Å². The van der Waals surface area contributed by atoms with Gasteiger partial charge in [0, 0.05) is 31.9 Å². The minimum Gasteiger partial charge on any atom is -0.356 e. The van der Waals surface area contributed by atoms with Crippen molar-refractivity contribution >= 4 is 41.3 Å². The fourth-order valence-electron chi connectivity index (χ4n) is 2.34. The van der Waals surface area contributed by atoms with Crippen molar-refractivity contribution in [3.05, 3.63) is 16.1 Å². The van der Waals surface area contributed by atoms with Crippen LogP contribution < -0.4 is 10.6 Å². The summed E-state index contributed by atoms with van der Waals surface area (Å²) in [6, 6.07) is 0. The normalized spacial score (nSPS) is 11.5. The molecule has 0 unspecified atom stereocenters. The van der Waals surface area contributed by atoms with E-state index in [1.807, 2.05) is 14.0 Å². The third-order valence-electron chi connectivity index (χ3n) is 3.64. The zero-order chi connectivity index (χ0) is 16.9. The fraction of sp³-hybridized carbons (Fsp3) is 0.765. The molecule has 1 aromatic rings. The minimum atomic E-state index is 0. The lowest BCUT2D eigenvalue weighted by Gasteiger charge is -2.11. The molecule has 0 atom stereocenters. The number of rotatable bonds is 11. The highest BCUT2D eigenvalue weighted by atomic mass is 127. The zero-order valence-electron chi connectivity index (χ0n) is 15.6. The van der Waals surface area contributed by atoms with E-state index in [4.69, 9.17) is 0 Å². The molecule has 0 saturated heterocycles. The van der Waals surface area contributed by atoms with Gasteiger partial charge in [0.1, 0.15) is 0 Å². The lowest BCUT2D eigenvalue weighted by molar-refractivity contribution is 0.389. The second-order valence-electron chi connectivity index (χ2n) is 6.10. The van der Waals surface area contributed by atoms with Crippen LogP contribution in [0.3, 0.4) is 0 Å². The first kappa shape index (κ1) is 23.6. The number of unbranched alkanes of at least 4 members (excludes halogenated alkanes) is 4. The topological polar surface area (TPSA) is 52.6 Å². The Morgan fingerprint density at radius 1 is 1.12 bits per heavy atom. The van der Waals surface area contributed by atoms with Crippen LogP contribution in [0, 0.1) is 6.92 Å². The molecule has 0 amide bonds. The number of aryl methyl sites for hydroxylation is 1. The summed E-state index contributed by atoms with van der Waals surface area (Å²) in [4.78, 5) is 11.0.